The molecule has 4 rings (SSSR count). The summed E-state index contributed by atoms with van der Waals surface area (Å²) in [5.41, 5.74) is 2.78. The van der Waals surface area contributed by atoms with Crippen LogP contribution in [0.25, 0.3) is 16.8 Å². The number of ketones is 1. The van der Waals surface area contributed by atoms with Crippen molar-refractivity contribution in [2.24, 2.45) is 0 Å². The Bertz CT molecular complexity index is 1110. The fraction of sp³-hybridized carbons (Fsp3) is 0.0385. The molecule has 4 aromatic rings. The third-order valence-electron chi connectivity index (χ3n) is 4.59. The minimum atomic E-state index is -0.00448. The van der Waals surface area contributed by atoms with Gasteiger partial charge in [-0.2, -0.15) is 0 Å². The second-order valence-corrected chi connectivity index (χ2v) is 6.60. The van der Waals surface area contributed by atoms with E-state index < -0.39 is 0 Å². The maximum absolute atomic E-state index is 12.5. The summed E-state index contributed by atoms with van der Waals surface area (Å²) >= 11 is 0. The van der Waals surface area contributed by atoms with Gasteiger partial charge in [0.15, 0.2) is 5.78 Å². The van der Waals surface area contributed by atoms with Crippen molar-refractivity contribution in [2.75, 3.05) is 0 Å². The van der Waals surface area contributed by atoms with E-state index in [4.69, 9.17) is 4.74 Å². The first-order chi connectivity index (χ1) is 13.8. The summed E-state index contributed by atoms with van der Waals surface area (Å²) in [7, 11) is 0. The van der Waals surface area contributed by atoms with Gasteiger partial charge in [0.2, 0.25) is 0 Å². The van der Waals surface area contributed by atoms with Crippen molar-refractivity contribution in [2.45, 2.75) is 6.61 Å². The van der Waals surface area contributed by atoms with Gasteiger partial charge in [-0.15, -0.1) is 0 Å². The molecule has 28 heavy (non-hydrogen) atoms. The molecule has 2 nitrogen and oxygen atoms in total. The van der Waals surface area contributed by atoms with Crippen molar-refractivity contribution in [1.29, 1.82) is 0 Å². The van der Waals surface area contributed by atoms with Crippen LogP contribution in [0.4, 0.5) is 0 Å². The Morgan fingerprint density at radius 2 is 1.46 bits per heavy atom. The highest BCUT2D eigenvalue weighted by Crippen LogP contribution is 2.18. The lowest BCUT2D eigenvalue weighted by Gasteiger charge is -2.06. The van der Waals surface area contributed by atoms with Crippen molar-refractivity contribution >= 4 is 22.6 Å². The molecule has 0 aliphatic heterocycles. The molecule has 0 atom stereocenters. The molecular formula is C26H20O2. The fourth-order valence-electron chi connectivity index (χ4n) is 3.03. The predicted molar refractivity (Wildman–Crippen MR) is 115 cm³/mol. The Labute approximate surface area is 164 Å². The predicted octanol–water partition coefficient (Wildman–Crippen LogP) is 6.31. The average molecular weight is 364 g/mol. The van der Waals surface area contributed by atoms with Crippen molar-refractivity contribution in [3.05, 3.63) is 120 Å². The second-order valence-electron chi connectivity index (χ2n) is 6.60. The van der Waals surface area contributed by atoms with Crippen LogP contribution in [0, 0.1) is 0 Å². The summed E-state index contributed by atoms with van der Waals surface area (Å²) in [5, 5.41) is 2.20. The van der Waals surface area contributed by atoms with E-state index in [1.165, 1.54) is 0 Å². The molecule has 4 aromatic carbocycles. The van der Waals surface area contributed by atoms with E-state index in [-0.39, 0.29) is 5.78 Å². The molecule has 0 fully saturated rings. The molecule has 0 saturated carbocycles. The van der Waals surface area contributed by atoms with E-state index in [1.54, 1.807) is 6.08 Å². The normalized spacial score (nSPS) is 11.0. The van der Waals surface area contributed by atoms with Crippen molar-refractivity contribution < 1.29 is 9.53 Å². The third-order valence-corrected chi connectivity index (χ3v) is 4.59. The molecule has 0 heterocycles. The first-order valence-corrected chi connectivity index (χ1v) is 9.26. The Kier molecular flexibility index (Phi) is 5.30. The number of carbonyl (C=O) groups excluding carboxylic acids is 1. The molecule has 2 heteroatoms. The maximum atomic E-state index is 12.5. The molecular weight excluding hydrogens is 344 g/mol. The van der Waals surface area contributed by atoms with Crippen molar-refractivity contribution in [3.63, 3.8) is 0 Å². The van der Waals surface area contributed by atoms with Gasteiger partial charge in [0.25, 0.3) is 0 Å². The largest absolute Gasteiger partial charge is 0.489 e. The van der Waals surface area contributed by atoms with E-state index in [2.05, 4.69) is 0 Å². The van der Waals surface area contributed by atoms with E-state index >= 15 is 0 Å². The Morgan fingerprint density at radius 1 is 0.750 bits per heavy atom. The van der Waals surface area contributed by atoms with Crippen LogP contribution >= 0.6 is 0 Å². The molecule has 0 aromatic heterocycles. The molecule has 0 N–H and O–H groups in total. The number of carbonyl (C=O) groups is 1. The Balaban J connectivity index is 1.40. The molecule has 136 valence electrons. The summed E-state index contributed by atoms with van der Waals surface area (Å²) in [6, 6.07) is 31.6. The fourth-order valence-corrected chi connectivity index (χ4v) is 3.03. The van der Waals surface area contributed by atoms with Gasteiger partial charge in [-0.1, -0.05) is 84.9 Å². The average Bonchev–Trinajstić information content (AvgIpc) is 2.77. The van der Waals surface area contributed by atoms with Crippen molar-refractivity contribution in [3.8, 4) is 5.75 Å². The zero-order chi connectivity index (χ0) is 19.2. The Hall–Kier alpha value is -3.65. The minimum Gasteiger partial charge on any atom is -0.489 e. The number of allylic oxidation sites excluding steroid dienone is 1. The molecule has 0 amide bonds. The van der Waals surface area contributed by atoms with Crippen molar-refractivity contribution in [1.82, 2.24) is 0 Å². The van der Waals surface area contributed by atoms with Crippen LogP contribution in [-0.2, 0) is 6.61 Å². The second kappa shape index (κ2) is 8.36. The number of rotatable bonds is 6. The summed E-state index contributed by atoms with van der Waals surface area (Å²) in [6.45, 7) is 0.538. The topological polar surface area (TPSA) is 26.3 Å². The van der Waals surface area contributed by atoms with E-state index in [1.807, 2.05) is 103 Å². The van der Waals surface area contributed by atoms with Crippen LogP contribution in [-0.4, -0.2) is 5.78 Å². The van der Waals surface area contributed by atoms with Gasteiger partial charge in [-0.3, -0.25) is 4.79 Å². The van der Waals surface area contributed by atoms with Gasteiger partial charge in [-0.25, -0.2) is 0 Å². The first kappa shape index (κ1) is 17.7. The number of benzene rings is 4. The summed E-state index contributed by atoms with van der Waals surface area (Å²) < 4.78 is 5.79. The lowest BCUT2D eigenvalue weighted by Crippen LogP contribution is -1.95. The molecule has 0 saturated heterocycles. The molecule has 0 bridgehead atoms. The van der Waals surface area contributed by atoms with Crippen LogP contribution in [0.1, 0.15) is 21.5 Å². The zero-order valence-electron chi connectivity index (χ0n) is 15.4. The molecule has 0 aliphatic carbocycles. The number of ether oxygens (including phenoxy) is 1. The van der Waals surface area contributed by atoms with E-state index in [0.29, 0.717) is 12.2 Å². The van der Waals surface area contributed by atoms with Gasteiger partial charge in [-0.05, 0) is 46.2 Å². The van der Waals surface area contributed by atoms with Gasteiger partial charge >= 0.3 is 0 Å². The lowest BCUT2D eigenvalue weighted by atomic mass is 10.0. The lowest BCUT2D eigenvalue weighted by molar-refractivity contribution is 0.104. The van der Waals surface area contributed by atoms with Crippen LogP contribution in [0.15, 0.2) is 103 Å². The summed E-state index contributed by atoms with van der Waals surface area (Å²) in [5.74, 6) is 0.803. The molecule has 0 aliphatic rings. The highest BCUT2D eigenvalue weighted by molar-refractivity contribution is 6.08. The molecule has 0 unspecified atom stereocenters. The van der Waals surface area contributed by atoms with Crippen LogP contribution in [0.3, 0.4) is 0 Å². The minimum absolute atomic E-state index is 0.00448. The summed E-state index contributed by atoms with van der Waals surface area (Å²) in [4.78, 5) is 12.5. The smallest absolute Gasteiger partial charge is 0.185 e. The number of hydrogen-bond donors (Lipinski definition) is 0. The molecule has 0 radical (unpaired) electrons. The molecule has 0 spiro atoms. The number of fused-ring (bicyclic) bond motifs is 1. The van der Waals surface area contributed by atoms with E-state index in [9.17, 15) is 4.79 Å². The van der Waals surface area contributed by atoms with Crippen LogP contribution in [0.5, 0.6) is 5.75 Å². The van der Waals surface area contributed by atoms with Gasteiger partial charge in [0.05, 0.1) is 0 Å². The maximum Gasteiger partial charge on any atom is 0.185 e. The van der Waals surface area contributed by atoms with Gasteiger partial charge < -0.3 is 4.74 Å². The summed E-state index contributed by atoms with van der Waals surface area (Å²) in [6.07, 6.45) is 3.45. The van der Waals surface area contributed by atoms with Gasteiger partial charge in [0, 0.05) is 5.56 Å². The first-order valence-electron chi connectivity index (χ1n) is 9.26. The zero-order valence-corrected chi connectivity index (χ0v) is 15.4. The third kappa shape index (κ3) is 4.36. The number of hydrogen-bond acceptors (Lipinski definition) is 2. The quantitative estimate of drug-likeness (QED) is 0.296. The standard InChI is InChI=1S/C26H20O2/c27-26(24-14-13-22-8-4-5-9-23(22)18-24)17-12-20-10-15-25(16-11-20)28-19-21-6-2-1-3-7-21/h1-18H,19H2. The van der Waals surface area contributed by atoms with Gasteiger partial charge in [0.1, 0.15) is 12.4 Å². The Morgan fingerprint density at radius 3 is 2.25 bits per heavy atom. The highest BCUT2D eigenvalue weighted by atomic mass is 16.5. The monoisotopic (exact) mass is 364 g/mol. The van der Waals surface area contributed by atoms with Crippen LogP contribution < -0.4 is 4.74 Å². The SMILES string of the molecule is O=C(C=Cc1ccc(OCc2ccccc2)cc1)c1ccc2ccccc2c1. The van der Waals surface area contributed by atoms with Crippen LogP contribution in [0.2, 0.25) is 0 Å². The highest BCUT2D eigenvalue weighted by Gasteiger charge is 2.03. The van der Waals surface area contributed by atoms with E-state index in [0.717, 1.165) is 27.6 Å².